The normalized spacial score (nSPS) is 16.5. The molecule has 0 atom stereocenters. The molecular weight excluding hydrogens is 307 g/mol. The second-order valence-electron chi connectivity index (χ2n) is 5.45. The summed E-state index contributed by atoms with van der Waals surface area (Å²) in [5.41, 5.74) is -4.80. The van der Waals surface area contributed by atoms with Crippen LogP contribution in [0.4, 0.5) is 18.0 Å². The largest absolute Gasteiger partial charge is 0.444 e. The highest BCUT2D eigenvalue weighted by atomic mass is 32.2. The van der Waals surface area contributed by atoms with Crippen molar-refractivity contribution in [3.8, 4) is 0 Å². The summed E-state index contributed by atoms with van der Waals surface area (Å²) in [6, 6.07) is 0. The van der Waals surface area contributed by atoms with Crippen molar-refractivity contribution >= 4 is 23.7 Å². The molecule has 0 fully saturated rings. The molecule has 5 nitrogen and oxygen atoms in total. The first-order valence-corrected chi connectivity index (χ1v) is 7.51. The van der Waals surface area contributed by atoms with Gasteiger partial charge in [0.2, 0.25) is 0 Å². The third kappa shape index (κ3) is 8.03. The molecule has 1 rings (SSSR count). The van der Waals surface area contributed by atoms with Crippen molar-refractivity contribution in [1.29, 1.82) is 0 Å². The van der Waals surface area contributed by atoms with E-state index >= 15 is 0 Å². The number of hydrogen-bond donors (Lipinski definition) is 1. The minimum Gasteiger partial charge on any atom is -0.444 e. The van der Waals surface area contributed by atoms with Gasteiger partial charge in [-0.1, -0.05) is 0 Å². The average molecular weight is 327 g/mol. The summed E-state index contributed by atoms with van der Waals surface area (Å²) in [6.07, 6.45) is -0.443. The van der Waals surface area contributed by atoms with Crippen LogP contribution < -0.4 is 5.32 Å². The maximum Gasteiger partial charge on any atom is 0.441 e. The second kappa shape index (κ2) is 7.24. The molecule has 0 radical (unpaired) electrons. The van der Waals surface area contributed by atoms with Gasteiger partial charge in [0.05, 0.1) is 13.1 Å². The van der Waals surface area contributed by atoms with Gasteiger partial charge in [0.15, 0.2) is 0 Å². The van der Waals surface area contributed by atoms with Crippen LogP contribution in [0.5, 0.6) is 0 Å². The van der Waals surface area contributed by atoms with Gasteiger partial charge >= 0.3 is 11.6 Å². The Kier molecular flexibility index (Phi) is 6.18. The molecule has 122 valence electrons. The van der Waals surface area contributed by atoms with E-state index in [0.29, 0.717) is 18.9 Å². The molecule has 0 aliphatic carbocycles. The molecule has 1 N–H and O–H groups in total. The fourth-order valence-corrected chi connectivity index (χ4v) is 2.01. The predicted molar refractivity (Wildman–Crippen MR) is 76.6 cm³/mol. The smallest absolute Gasteiger partial charge is 0.441 e. The van der Waals surface area contributed by atoms with Crippen LogP contribution in [0.2, 0.25) is 0 Å². The van der Waals surface area contributed by atoms with Crippen LogP contribution in [0.25, 0.3) is 0 Å². The van der Waals surface area contributed by atoms with Crippen LogP contribution in [0.3, 0.4) is 0 Å². The molecule has 0 aromatic heterocycles. The number of thioether (sulfide) groups is 1. The monoisotopic (exact) mass is 327 g/mol. The first-order chi connectivity index (χ1) is 9.57. The first-order valence-electron chi connectivity index (χ1n) is 6.53. The van der Waals surface area contributed by atoms with Crippen LogP contribution in [0.15, 0.2) is 4.99 Å². The summed E-state index contributed by atoms with van der Waals surface area (Å²) in [6.45, 7) is 6.55. The van der Waals surface area contributed by atoms with E-state index in [2.05, 4.69) is 10.3 Å². The van der Waals surface area contributed by atoms with Crippen LogP contribution >= 0.6 is 11.8 Å². The van der Waals surface area contributed by atoms with Crippen LogP contribution in [-0.2, 0) is 4.74 Å². The SMILES string of the molecule is CC(C)(C)OC(=O)N1CCN=C(NCCSC(F)(F)F)C1. The molecule has 0 unspecified atom stereocenters. The summed E-state index contributed by atoms with van der Waals surface area (Å²) in [7, 11) is 0. The van der Waals surface area contributed by atoms with E-state index in [1.165, 1.54) is 4.90 Å². The number of halogens is 3. The lowest BCUT2D eigenvalue weighted by Gasteiger charge is -2.29. The zero-order chi connectivity index (χ0) is 16.1. The van der Waals surface area contributed by atoms with E-state index in [1.54, 1.807) is 20.8 Å². The second-order valence-corrected chi connectivity index (χ2v) is 6.61. The molecule has 0 bridgehead atoms. The van der Waals surface area contributed by atoms with E-state index < -0.39 is 17.2 Å². The molecule has 1 heterocycles. The Bertz CT molecular complexity index is 394. The Balaban J connectivity index is 2.35. The number of nitrogens with one attached hydrogen (secondary N) is 1. The predicted octanol–water partition coefficient (Wildman–Crippen LogP) is 2.48. The topological polar surface area (TPSA) is 53.9 Å². The summed E-state index contributed by atoms with van der Waals surface area (Å²) >= 11 is -0.0856. The summed E-state index contributed by atoms with van der Waals surface area (Å²) < 4.78 is 41.2. The van der Waals surface area contributed by atoms with Gasteiger partial charge in [-0.15, -0.1) is 0 Å². The van der Waals surface area contributed by atoms with Gasteiger partial charge in [-0.25, -0.2) is 4.79 Å². The number of alkyl halides is 3. The Morgan fingerprint density at radius 1 is 1.43 bits per heavy atom. The highest BCUT2D eigenvalue weighted by molar-refractivity contribution is 8.00. The number of ether oxygens (including phenoxy) is 1. The van der Waals surface area contributed by atoms with Crippen LogP contribution in [0, 0.1) is 0 Å². The third-order valence-electron chi connectivity index (χ3n) is 2.36. The molecular formula is C12H20F3N3O2S. The van der Waals surface area contributed by atoms with Gasteiger partial charge in [0.1, 0.15) is 11.4 Å². The van der Waals surface area contributed by atoms with Gasteiger partial charge in [-0.3, -0.25) is 9.89 Å². The van der Waals surface area contributed by atoms with E-state index in [1.807, 2.05) is 0 Å². The molecule has 0 saturated heterocycles. The van der Waals surface area contributed by atoms with Gasteiger partial charge < -0.3 is 10.1 Å². The van der Waals surface area contributed by atoms with Gasteiger partial charge in [0, 0.05) is 18.8 Å². The zero-order valence-electron chi connectivity index (χ0n) is 12.3. The average Bonchev–Trinajstić information content (AvgIpc) is 2.32. The van der Waals surface area contributed by atoms with Gasteiger partial charge in [0.25, 0.3) is 0 Å². The first kappa shape index (κ1) is 17.9. The van der Waals surface area contributed by atoms with E-state index in [-0.39, 0.29) is 30.6 Å². The standard InChI is InChI=1S/C12H20F3N3O2S/c1-11(2,3)20-10(19)18-6-4-16-9(8-18)17-5-7-21-12(13,14)15/h4-8H2,1-3H3,(H,16,17). The zero-order valence-corrected chi connectivity index (χ0v) is 13.1. The molecule has 0 spiro atoms. The van der Waals surface area contributed by atoms with Crippen LogP contribution in [0.1, 0.15) is 20.8 Å². The number of aliphatic imine (C=N–C) groups is 1. The molecule has 1 aliphatic heterocycles. The maximum absolute atomic E-state index is 12.0. The van der Waals surface area contributed by atoms with Crippen molar-refractivity contribution < 1.29 is 22.7 Å². The van der Waals surface area contributed by atoms with Gasteiger partial charge in [-0.2, -0.15) is 13.2 Å². The Labute approximate surface area is 126 Å². The van der Waals surface area contributed by atoms with E-state index in [4.69, 9.17) is 4.74 Å². The molecule has 0 aromatic carbocycles. The quantitative estimate of drug-likeness (QED) is 0.809. The lowest BCUT2D eigenvalue weighted by Crippen LogP contribution is -2.47. The van der Waals surface area contributed by atoms with E-state index in [9.17, 15) is 18.0 Å². The summed E-state index contributed by atoms with van der Waals surface area (Å²) in [4.78, 5) is 17.5. The number of hydrogen-bond acceptors (Lipinski definition) is 5. The molecule has 0 saturated carbocycles. The number of carbonyl (C=O) groups excluding carboxylic acids is 1. The lowest BCUT2D eigenvalue weighted by molar-refractivity contribution is -0.0327. The third-order valence-corrected chi connectivity index (χ3v) is 3.10. The van der Waals surface area contributed by atoms with E-state index in [0.717, 1.165) is 0 Å². The lowest BCUT2D eigenvalue weighted by atomic mass is 10.2. The Morgan fingerprint density at radius 3 is 2.67 bits per heavy atom. The highest BCUT2D eigenvalue weighted by Crippen LogP contribution is 2.29. The number of amides is 1. The fraction of sp³-hybridized carbons (Fsp3) is 0.833. The minimum atomic E-state index is -4.22. The number of carbonyl (C=O) groups is 1. The van der Waals surface area contributed by atoms with Crippen molar-refractivity contribution in [1.82, 2.24) is 10.2 Å². The highest BCUT2D eigenvalue weighted by Gasteiger charge is 2.28. The van der Waals surface area contributed by atoms with Crippen LogP contribution in [-0.4, -0.2) is 59.9 Å². The molecule has 1 aliphatic rings. The van der Waals surface area contributed by atoms with Crippen molar-refractivity contribution in [3.63, 3.8) is 0 Å². The molecule has 0 aromatic rings. The summed E-state index contributed by atoms with van der Waals surface area (Å²) in [5.74, 6) is 0.407. The van der Waals surface area contributed by atoms with Crippen molar-refractivity contribution in [2.75, 3.05) is 31.9 Å². The van der Waals surface area contributed by atoms with Crippen molar-refractivity contribution in [3.05, 3.63) is 0 Å². The number of rotatable bonds is 3. The Morgan fingerprint density at radius 2 is 2.10 bits per heavy atom. The fourth-order valence-electron chi connectivity index (χ4n) is 1.57. The molecule has 21 heavy (non-hydrogen) atoms. The van der Waals surface area contributed by atoms with Crippen molar-refractivity contribution in [2.45, 2.75) is 31.9 Å². The Hall–Kier alpha value is -1.12. The molecule has 9 heteroatoms. The molecule has 1 amide bonds. The summed E-state index contributed by atoms with van der Waals surface area (Å²) in [5, 5.41) is 2.82. The minimum absolute atomic E-state index is 0.0856. The number of nitrogens with zero attached hydrogens (tertiary/aromatic N) is 2. The maximum atomic E-state index is 12.0. The van der Waals surface area contributed by atoms with Gasteiger partial charge in [-0.05, 0) is 32.5 Å². The van der Waals surface area contributed by atoms with Crippen molar-refractivity contribution in [2.24, 2.45) is 4.99 Å². The number of amidine groups is 1.